The van der Waals surface area contributed by atoms with Crippen molar-refractivity contribution in [3.8, 4) is 0 Å². The lowest BCUT2D eigenvalue weighted by molar-refractivity contribution is -0.136. The van der Waals surface area contributed by atoms with Crippen molar-refractivity contribution in [2.24, 2.45) is 17.1 Å². The molecule has 1 aliphatic carbocycles. The molecule has 2 unspecified atom stereocenters. The molecule has 3 heteroatoms. The average Bonchev–Trinajstić information content (AvgIpc) is 1.81. The molecule has 0 bridgehead atoms. The second-order valence-electron chi connectivity index (χ2n) is 4.61. The minimum absolute atomic E-state index is 0.0509. The van der Waals surface area contributed by atoms with Crippen LogP contribution in [0.5, 0.6) is 0 Å². The lowest BCUT2D eigenvalue weighted by Gasteiger charge is -2.53. The molecule has 1 amide bonds. The van der Waals surface area contributed by atoms with Crippen LogP contribution in [0.15, 0.2) is 0 Å². The Morgan fingerprint density at radius 2 is 2.00 bits per heavy atom. The van der Waals surface area contributed by atoms with E-state index in [4.69, 9.17) is 5.73 Å². The zero-order valence-electron chi connectivity index (χ0n) is 8.29. The summed E-state index contributed by atoms with van der Waals surface area (Å²) in [7, 11) is 4.00. The number of hydrogen-bond acceptors (Lipinski definition) is 2. The van der Waals surface area contributed by atoms with Crippen molar-refractivity contribution in [1.82, 2.24) is 4.90 Å². The van der Waals surface area contributed by atoms with Crippen LogP contribution in [0.1, 0.15) is 20.3 Å². The zero-order valence-corrected chi connectivity index (χ0v) is 8.29. The van der Waals surface area contributed by atoms with Crippen LogP contribution in [-0.2, 0) is 4.79 Å². The minimum atomic E-state index is -0.159. The first-order valence-electron chi connectivity index (χ1n) is 4.32. The Bertz CT molecular complexity index is 199. The lowest BCUT2D eigenvalue weighted by Crippen LogP contribution is -2.60. The van der Waals surface area contributed by atoms with Gasteiger partial charge in [0.2, 0.25) is 5.91 Å². The van der Waals surface area contributed by atoms with E-state index in [-0.39, 0.29) is 17.2 Å². The Hall–Kier alpha value is -0.570. The fraction of sp³-hybridized carbons (Fsp3) is 0.889. The summed E-state index contributed by atoms with van der Waals surface area (Å²) < 4.78 is 0. The van der Waals surface area contributed by atoms with Gasteiger partial charge in [0, 0.05) is 6.04 Å². The highest BCUT2D eigenvalue weighted by atomic mass is 16.1. The number of carbonyl (C=O) groups excluding carboxylic acids is 1. The highest BCUT2D eigenvalue weighted by molar-refractivity contribution is 5.79. The Balaban J connectivity index is 2.70. The molecule has 2 atom stereocenters. The second kappa shape index (κ2) is 2.73. The van der Waals surface area contributed by atoms with Crippen molar-refractivity contribution in [3.05, 3.63) is 0 Å². The zero-order chi connectivity index (χ0) is 9.52. The van der Waals surface area contributed by atoms with Crippen molar-refractivity contribution < 1.29 is 4.79 Å². The molecule has 1 rings (SSSR count). The van der Waals surface area contributed by atoms with Crippen molar-refractivity contribution in [1.29, 1.82) is 0 Å². The molecule has 2 N–H and O–H groups in total. The van der Waals surface area contributed by atoms with Crippen LogP contribution in [0.25, 0.3) is 0 Å². The Labute approximate surface area is 73.9 Å². The molecular formula is C9H18N2O. The van der Waals surface area contributed by atoms with Crippen LogP contribution in [-0.4, -0.2) is 30.9 Å². The third-order valence-electron chi connectivity index (χ3n) is 2.85. The number of amides is 1. The van der Waals surface area contributed by atoms with Crippen LogP contribution in [0.2, 0.25) is 0 Å². The van der Waals surface area contributed by atoms with Gasteiger partial charge in [-0.2, -0.15) is 0 Å². The highest BCUT2D eigenvalue weighted by Crippen LogP contribution is 2.47. The molecular weight excluding hydrogens is 152 g/mol. The number of rotatable bonds is 2. The lowest BCUT2D eigenvalue weighted by atomic mass is 9.59. The third kappa shape index (κ3) is 1.33. The summed E-state index contributed by atoms with van der Waals surface area (Å²) >= 11 is 0. The smallest absolute Gasteiger partial charge is 0.222 e. The maximum absolute atomic E-state index is 11.0. The van der Waals surface area contributed by atoms with Gasteiger partial charge in [0.1, 0.15) is 0 Å². The summed E-state index contributed by atoms with van der Waals surface area (Å²) in [5.41, 5.74) is 5.52. The number of hydrogen-bond donors (Lipinski definition) is 1. The molecule has 0 aromatic rings. The summed E-state index contributed by atoms with van der Waals surface area (Å²) in [6, 6.07) is 0.315. The number of primary amides is 1. The number of nitrogens with zero attached hydrogens (tertiary/aromatic N) is 1. The monoisotopic (exact) mass is 170 g/mol. The Morgan fingerprint density at radius 3 is 2.17 bits per heavy atom. The second-order valence-corrected chi connectivity index (χ2v) is 4.61. The van der Waals surface area contributed by atoms with Crippen molar-refractivity contribution in [2.45, 2.75) is 26.3 Å². The van der Waals surface area contributed by atoms with E-state index in [1.807, 2.05) is 14.1 Å². The SMILES string of the molecule is CN(C)C1C(C(N)=O)CC1(C)C. The Kier molecular flexibility index (Phi) is 2.17. The molecule has 12 heavy (non-hydrogen) atoms. The molecule has 0 aromatic carbocycles. The standard InChI is InChI=1S/C9H18N2O/c1-9(2)5-6(8(10)12)7(9)11(3)4/h6-7H,5H2,1-4H3,(H2,10,12). The fourth-order valence-corrected chi connectivity index (χ4v) is 2.50. The largest absolute Gasteiger partial charge is 0.369 e. The van der Waals surface area contributed by atoms with Crippen LogP contribution >= 0.6 is 0 Å². The molecule has 1 aliphatic rings. The van der Waals surface area contributed by atoms with E-state index in [1.165, 1.54) is 0 Å². The van der Waals surface area contributed by atoms with Gasteiger partial charge in [-0.05, 0) is 25.9 Å². The third-order valence-corrected chi connectivity index (χ3v) is 2.85. The van der Waals surface area contributed by atoms with Gasteiger partial charge in [-0.15, -0.1) is 0 Å². The van der Waals surface area contributed by atoms with Crippen LogP contribution in [0.4, 0.5) is 0 Å². The number of nitrogens with two attached hydrogens (primary N) is 1. The van der Waals surface area contributed by atoms with E-state index in [9.17, 15) is 4.79 Å². The van der Waals surface area contributed by atoms with E-state index >= 15 is 0 Å². The predicted molar refractivity (Wildman–Crippen MR) is 48.6 cm³/mol. The maximum Gasteiger partial charge on any atom is 0.222 e. The van der Waals surface area contributed by atoms with Crippen LogP contribution in [0.3, 0.4) is 0 Å². The van der Waals surface area contributed by atoms with Gasteiger partial charge < -0.3 is 10.6 Å². The summed E-state index contributed by atoms with van der Waals surface area (Å²) in [6.45, 7) is 4.36. The van der Waals surface area contributed by atoms with E-state index in [2.05, 4.69) is 18.7 Å². The average molecular weight is 170 g/mol. The van der Waals surface area contributed by atoms with Gasteiger partial charge in [0.25, 0.3) is 0 Å². The topological polar surface area (TPSA) is 46.3 Å². The van der Waals surface area contributed by atoms with Gasteiger partial charge >= 0.3 is 0 Å². The first-order valence-corrected chi connectivity index (χ1v) is 4.32. The fourth-order valence-electron chi connectivity index (χ4n) is 2.50. The number of carbonyl (C=O) groups is 1. The molecule has 0 saturated heterocycles. The first-order chi connectivity index (χ1) is 5.36. The summed E-state index contributed by atoms with van der Waals surface area (Å²) in [5, 5.41) is 0. The van der Waals surface area contributed by atoms with Gasteiger partial charge in [-0.1, -0.05) is 13.8 Å². The van der Waals surface area contributed by atoms with E-state index in [0.29, 0.717) is 6.04 Å². The predicted octanol–water partition coefficient (Wildman–Crippen LogP) is 0.448. The minimum Gasteiger partial charge on any atom is -0.369 e. The molecule has 0 aromatic heterocycles. The van der Waals surface area contributed by atoms with E-state index < -0.39 is 0 Å². The van der Waals surface area contributed by atoms with Gasteiger partial charge in [0.15, 0.2) is 0 Å². The van der Waals surface area contributed by atoms with Gasteiger partial charge in [-0.25, -0.2) is 0 Å². The summed E-state index contributed by atoms with van der Waals surface area (Å²) in [4.78, 5) is 13.1. The summed E-state index contributed by atoms with van der Waals surface area (Å²) in [5.74, 6) is -0.108. The Morgan fingerprint density at radius 1 is 1.50 bits per heavy atom. The molecule has 3 nitrogen and oxygen atoms in total. The first kappa shape index (κ1) is 9.52. The molecule has 0 aliphatic heterocycles. The molecule has 1 fully saturated rings. The van der Waals surface area contributed by atoms with E-state index in [0.717, 1.165) is 6.42 Å². The quantitative estimate of drug-likeness (QED) is 0.654. The van der Waals surface area contributed by atoms with Crippen molar-refractivity contribution in [3.63, 3.8) is 0 Å². The molecule has 1 saturated carbocycles. The van der Waals surface area contributed by atoms with Crippen molar-refractivity contribution >= 4 is 5.91 Å². The normalized spacial score (nSPS) is 33.1. The van der Waals surface area contributed by atoms with Crippen LogP contribution < -0.4 is 5.73 Å². The van der Waals surface area contributed by atoms with Gasteiger partial charge in [0.05, 0.1) is 5.92 Å². The van der Waals surface area contributed by atoms with Crippen LogP contribution in [0, 0.1) is 11.3 Å². The summed E-state index contributed by atoms with van der Waals surface area (Å²) in [6.07, 6.45) is 0.922. The van der Waals surface area contributed by atoms with Crippen molar-refractivity contribution in [2.75, 3.05) is 14.1 Å². The highest BCUT2D eigenvalue weighted by Gasteiger charge is 2.50. The maximum atomic E-state index is 11.0. The molecule has 0 spiro atoms. The molecule has 0 heterocycles. The van der Waals surface area contributed by atoms with Gasteiger partial charge in [-0.3, -0.25) is 4.79 Å². The van der Waals surface area contributed by atoms with E-state index in [1.54, 1.807) is 0 Å². The molecule has 70 valence electrons. The molecule has 0 radical (unpaired) electrons.